The van der Waals surface area contributed by atoms with Crippen molar-refractivity contribution in [2.75, 3.05) is 7.05 Å². The van der Waals surface area contributed by atoms with Crippen LogP contribution in [0.4, 0.5) is 0 Å². The highest BCUT2D eigenvalue weighted by molar-refractivity contribution is 5.99. The van der Waals surface area contributed by atoms with Gasteiger partial charge in [0, 0.05) is 19.5 Å². The first kappa shape index (κ1) is 22.0. The molecule has 2 rings (SSSR count). The molecule has 0 unspecified atom stereocenters. The number of carbonyl (C=O) groups is 2. The minimum absolute atomic E-state index is 0.0165. The fourth-order valence-electron chi connectivity index (χ4n) is 3.55. The molecule has 0 aliphatic carbocycles. The number of likely N-dealkylation sites (N-methyl/N-ethyl adjacent to an activating group) is 1. The summed E-state index contributed by atoms with van der Waals surface area (Å²) in [4.78, 5) is 27.9. The first-order chi connectivity index (χ1) is 13.2. The van der Waals surface area contributed by atoms with Crippen molar-refractivity contribution in [3.8, 4) is 5.75 Å². The zero-order valence-electron chi connectivity index (χ0n) is 17.9. The number of fused-ring (bicyclic) bond motifs is 1. The average molecular weight is 387 g/mol. The van der Waals surface area contributed by atoms with Gasteiger partial charge in [-0.15, -0.1) is 0 Å². The maximum atomic E-state index is 13.2. The molecule has 154 valence electrons. The molecule has 2 amide bonds. The van der Waals surface area contributed by atoms with Crippen LogP contribution in [-0.4, -0.2) is 41.9 Å². The highest BCUT2D eigenvalue weighted by Crippen LogP contribution is 2.24. The van der Waals surface area contributed by atoms with E-state index in [4.69, 9.17) is 4.74 Å². The predicted octanol–water partition coefficient (Wildman–Crippen LogP) is 4.04. The maximum Gasteiger partial charge on any atom is 0.258 e. The predicted molar refractivity (Wildman–Crippen MR) is 112 cm³/mol. The zero-order valence-corrected chi connectivity index (χ0v) is 17.9. The molecule has 0 saturated carbocycles. The van der Waals surface area contributed by atoms with E-state index in [1.54, 1.807) is 18.0 Å². The van der Waals surface area contributed by atoms with Crippen LogP contribution in [0.3, 0.4) is 0 Å². The number of para-hydroxylation sites is 1. The third kappa shape index (κ3) is 5.37. The summed E-state index contributed by atoms with van der Waals surface area (Å²) in [7, 11) is 1.70. The molecule has 0 fully saturated rings. The van der Waals surface area contributed by atoms with E-state index in [0.29, 0.717) is 17.2 Å². The second-order valence-electron chi connectivity index (χ2n) is 8.33. The summed E-state index contributed by atoms with van der Waals surface area (Å²) in [6.07, 6.45) is 5.66. The van der Waals surface area contributed by atoms with E-state index in [1.807, 2.05) is 39.0 Å². The SMILES string of the molecule is CC(C)[C@H]1C/C=C\C[C@H](C)Oc2ccccc2C(=O)N(C)[C@H](C(C)C)C(=O)N1. The first-order valence-corrected chi connectivity index (χ1v) is 10.2. The summed E-state index contributed by atoms with van der Waals surface area (Å²) in [6, 6.07) is 6.73. The third-order valence-electron chi connectivity index (χ3n) is 5.24. The number of hydrogen-bond acceptors (Lipinski definition) is 3. The molecule has 0 saturated heterocycles. The third-order valence-corrected chi connectivity index (χ3v) is 5.24. The number of nitrogens with one attached hydrogen (secondary N) is 1. The van der Waals surface area contributed by atoms with E-state index in [9.17, 15) is 9.59 Å². The highest BCUT2D eigenvalue weighted by atomic mass is 16.5. The number of ether oxygens (including phenoxy) is 1. The lowest BCUT2D eigenvalue weighted by Crippen LogP contribution is -2.53. The quantitative estimate of drug-likeness (QED) is 0.781. The van der Waals surface area contributed by atoms with Gasteiger partial charge in [0.05, 0.1) is 11.7 Å². The number of rotatable bonds is 2. The number of nitrogens with zero attached hydrogens (tertiary/aromatic N) is 1. The van der Waals surface area contributed by atoms with E-state index in [1.165, 1.54) is 0 Å². The fourth-order valence-corrected chi connectivity index (χ4v) is 3.55. The summed E-state index contributed by atoms with van der Waals surface area (Å²) in [5, 5.41) is 3.17. The Kier molecular flexibility index (Phi) is 7.67. The summed E-state index contributed by atoms with van der Waals surface area (Å²) in [5.41, 5.74) is 0.483. The number of hydrogen-bond donors (Lipinski definition) is 1. The molecular weight excluding hydrogens is 352 g/mol. The second-order valence-corrected chi connectivity index (χ2v) is 8.33. The number of benzene rings is 1. The molecule has 0 bridgehead atoms. The van der Waals surface area contributed by atoms with E-state index in [-0.39, 0.29) is 29.9 Å². The van der Waals surface area contributed by atoms with Gasteiger partial charge in [0.2, 0.25) is 5.91 Å². The molecule has 1 heterocycles. The smallest absolute Gasteiger partial charge is 0.258 e. The van der Waals surface area contributed by atoms with Crippen LogP contribution in [0.25, 0.3) is 0 Å². The largest absolute Gasteiger partial charge is 0.490 e. The second kappa shape index (κ2) is 9.76. The molecule has 0 spiro atoms. The minimum Gasteiger partial charge on any atom is -0.490 e. The van der Waals surface area contributed by atoms with E-state index < -0.39 is 6.04 Å². The molecule has 3 atom stereocenters. The molecule has 1 aliphatic rings. The first-order valence-electron chi connectivity index (χ1n) is 10.2. The molecule has 5 heteroatoms. The minimum atomic E-state index is -0.550. The van der Waals surface area contributed by atoms with Crippen LogP contribution in [0.1, 0.15) is 57.8 Å². The Morgan fingerprint density at radius 3 is 2.32 bits per heavy atom. The lowest BCUT2D eigenvalue weighted by atomic mass is 9.96. The van der Waals surface area contributed by atoms with E-state index in [2.05, 4.69) is 31.3 Å². The van der Waals surface area contributed by atoms with Crippen molar-refractivity contribution in [3.05, 3.63) is 42.0 Å². The van der Waals surface area contributed by atoms with Gasteiger partial charge in [-0.25, -0.2) is 0 Å². The van der Waals surface area contributed by atoms with Crippen LogP contribution in [0.15, 0.2) is 36.4 Å². The van der Waals surface area contributed by atoms with Crippen molar-refractivity contribution >= 4 is 11.8 Å². The van der Waals surface area contributed by atoms with Gasteiger partial charge in [-0.05, 0) is 37.3 Å². The molecule has 0 radical (unpaired) electrons. The van der Waals surface area contributed by atoms with Gasteiger partial charge in [-0.2, -0.15) is 0 Å². The molecule has 1 aromatic carbocycles. The van der Waals surface area contributed by atoms with Gasteiger partial charge in [0.1, 0.15) is 11.8 Å². The Morgan fingerprint density at radius 1 is 1.04 bits per heavy atom. The molecule has 1 aliphatic heterocycles. The van der Waals surface area contributed by atoms with Gasteiger partial charge in [0.25, 0.3) is 5.91 Å². The lowest BCUT2D eigenvalue weighted by molar-refractivity contribution is -0.127. The van der Waals surface area contributed by atoms with Gasteiger partial charge >= 0.3 is 0 Å². The van der Waals surface area contributed by atoms with Crippen molar-refractivity contribution in [2.45, 2.75) is 65.6 Å². The van der Waals surface area contributed by atoms with Gasteiger partial charge in [0.15, 0.2) is 0 Å². The normalized spacial score (nSPS) is 25.7. The molecule has 28 heavy (non-hydrogen) atoms. The van der Waals surface area contributed by atoms with Gasteiger partial charge in [-0.1, -0.05) is 52.0 Å². The summed E-state index contributed by atoms with van der Waals surface area (Å²) < 4.78 is 6.06. The molecule has 1 aromatic rings. The van der Waals surface area contributed by atoms with Gasteiger partial charge in [-0.3, -0.25) is 9.59 Å². The summed E-state index contributed by atoms with van der Waals surface area (Å²) in [5.74, 6) is 0.523. The van der Waals surface area contributed by atoms with Crippen LogP contribution in [0, 0.1) is 11.8 Å². The van der Waals surface area contributed by atoms with Crippen LogP contribution >= 0.6 is 0 Å². The highest BCUT2D eigenvalue weighted by Gasteiger charge is 2.33. The monoisotopic (exact) mass is 386 g/mol. The number of carbonyl (C=O) groups excluding carboxylic acids is 2. The van der Waals surface area contributed by atoms with Crippen LogP contribution < -0.4 is 10.1 Å². The molecule has 0 aromatic heterocycles. The van der Waals surface area contributed by atoms with Crippen LogP contribution in [0.2, 0.25) is 0 Å². The van der Waals surface area contributed by atoms with Crippen molar-refractivity contribution in [1.29, 1.82) is 0 Å². The summed E-state index contributed by atoms with van der Waals surface area (Å²) >= 11 is 0. The van der Waals surface area contributed by atoms with Gasteiger partial charge < -0.3 is 15.0 Å². The Morgan fingerprint density at radius 2 is 1.68 bits per heavy atom. The Hall–Kier alpha value is -2.30. The lowest BCUT2D eigenvalue weighted by Gasteiger charge is -2.33. The molecule has 1 N–H and O–H groups in total. The topological polar surface area (TPSA) is 58.6 Å². The van der Waals surface area contributed by atoms with Crippen molar-refractivity contribution in [2.24, 2.45) is 11.8 Å². The van der Waals surface area contributed by atoms with Crippen LogP contribution in [-0.2, 0) is 4.79 Å². The van der Waals surface area contributed by atoms with Crippen molar-refractivity contribution in [3.63, 3.8) is 0 Å². The van der Waals surface area contributed by atoms with Crippen molar-refractivity contribution in [1.82, 2.24) is 10.2 Å². The number of amides is 2. The van der Waals surface area contributed by atoms with E-state index >= 15 is 0 Å². The molecule has 5 nitrogen and oxygen atoms in total. The fraction of sp³-hybridized carbons (Fsp3) is 0.565. The van der Waals surface area contributed by atoms with Crippen molar-refractivity contribution < 1.29 is 14.3 Å². The van der Waals surface area contributed by atoms with E-state index in [0.717, 1.165) is 12.8 Å². The zero-order chi connectivity index (χ0) is 20.8. The Labute approximate surface area is 169 Å². The maximum absolute atomic E-state index is 13.2. The average Bonchev–Trinajstić information content (AvgIpc) is 2.63. The molecular formula is C23H34N2O3. The van der Waals surface area contributed by atoms with Crippen LogP contribution in [0.5, 0.6) is 5.75 Å². The Bertz CT molecular complexity index is 712. The Balaban J connectivity index is 2.45. The summed E-state index contributed by atoms with van der Waals surface area (Å²) in [6.45, 7) is 10.1. The standard InChI is InChI=1S/C23H34N2O3/c1-15(2)19-13-9-7-11-17(5)28-20-14-10-8-12-18(20)23(27)25(6)21(16(3)4)22(26)24-19/h7-10,12,14-17,19,21H,11,13H2,1-6H3,(H,24,26)/b9-7-/t17-,19+,21+/m0/s1.